The Morgan fingerprint density at radius 2 is 1.73 bits per heavy atom. The largest absolute Gasteiger partial charge is 0.491 e. The van der Waals surface area contributed by atoms with Crippen molar-refractivity contribution in [2.45, 2.75) is 81.2 Å². The van der Waals surface area contributed by atoms with Crippen LogP contribution >= 0.6 is 23.3 Å². The number of unbranched alkanes of at least 4 members (excludes halogenated alkanes) is 1. The number of amides is 1. The Morgan fingerprint density at radius 1 is 1.07 bits per heavy atom. The topological polar surface area (TPSA) is 67.6 Å². The number of piperidine rings is 1. The van der Waals surface area contributed by atoms with Gasteiger partial charge in [-0.05, 0) is 85.8 Å². The number of nitrogens with zero attached hydrogens (tertiary/aromatic N) is 1. The lowest BCUT2D eigenvalue weighted by Gasteiger charge is -2.35. The number of fused-ring (bicyclic) bond motifs is 1. The highest BCUT2D eigenvalue weighted by atomic mass is 32.2. The van der Waals surface area contributed by atoms with Crippen molar-refractivity contribution < 1.29 is 18.3 Å². The first-order valence-electron chi connectivity index (χ1n) is 15.4. The van der Waals surface area contributed by atoms with Crippen LogP contribution in [0.3, 0.4) is 0 Å². The number of likely N-dealkylation sites (tertiary alicyclic amines) is 1. The highest BCUT2D eigenvalue weighted by Crippen LogP contribution is 2.39. The summed E-state index contributed by atoms with van der Waals surface area (Å²) in [6.07, 6.45) is 4.54. The number of nitrogens with two attached hydrogens (primary N) is 1. The van der Waals surface area contributed by atoms with Crippen molar-refractivity contribution >= 4 is 39.3 Å². The van der Waals surface area contributed by atoms with Gasteiger partial charge in [-0.25, -0.2) is 4.72 Å². The summed E-state index contributed by atoms with van der Waals surface area (Å²) in [6, 6.07) is 20.3. The zero-order valence-electron chi connectivity index (χ0n) is 25.5. The maximum Gasteiger partial charge on any atom is 0.298 e. The van der Waals surface area contributed by atoms with Gasteiger partial charge in [-0.3, -0.25) is 4.79 Å². The molecule has 1 aliphatic heterocycles. The van der Waals surface area contributed by atoms with Gasteiger partial charge in [-0.15, -0.1) is 11.3 Å². The minimum absolute atomic E-state index is 0.0169. The van der Waals surface area contributed by atoms with Crippen LogP contribution in [0.25, 0.3) is 21.2 Å². The van der Waals surface area contributed by atoms with E-state index in [1.807, 2.05) is 55.5 Å². The van der Waals surface area contributed by atoms with E-state index in [9.17, 15) is 4.79 Å². The van der Waals surface area contributed by atoms with Crippen LogP contribution in [0.5, 0.6) is 5.75 Å². The van der Waals surface area contributed by atoms with Gasteiger partial charge in [0.1, 0.15) is 5.75 Å². The first kappa shape index (κ1) is 32.4. The molecule has 1 amide bonds. The second kappa shape index (κ2) is 14.4. The van der Waals surface area contributed by atoms with Crippen LogP contribution in [0, 0.1) is 6.92 Å². The monoisotopic (exact) mass is 637 g/mol. The van der Waals surface area contributed by atoms with E-state index < -0.39 is 17.9 Å². The molecule has 44 heavy (non-hydrogen) atoms. The molecule has 2 atom stereocenters. The average molecular weight is 638 g/mol. The van der Waals surface area contributed by atoms with Gasteiger partial charge in [0.15, 0.2) is 6.04 Å². The third-order valence-corrected chi connectivity index (χ3v) is 10.2. The highest BCUT2D eigenvalue weighted by molar-refractivity contribution is 7.99. The number of rotatable bonds is 12. The molecule has 2 heterocycles. The van der Waals surface area contributed by atoms with Crippen LogP contribution in [0.4, 0.5) is 8.78 Å². The number of alkyl halides is 2. The van der Waals surface area contributed by atoms with Gasteiger partial charge < -0.3 is 15.4 Å². The molecule has 1 fully saturated rings. The molecule has 4 aromatic rings. The van der Waals surface area contributed by atoms with Crippen molar-refractivity contribution in [3.8, 4) is 16.9 Å². The van der Waals surface area contributed by atoms with Crippen LogP contribution < -0.4 is 15.2 Å². The average Bonchev–Trinajstić information content (AvgIpc) is 3.43. The predicted octanol–water partition coefficient (Wildman–Crippen LogP) is 8.54. The van der Waals surface area contributed by atoms with E-state index in [0.29, 0.717) is 25.9 Å². The van der Waals surface area contributed by atoms with Crippen molar-refractivity contribution in [1.29, 1.82) is 0 Å². The minimum Gasteiger partial charge on any atom is -0.491 e. The van der Waals surface area contributed by atoms with E-state index in [0.717, 1.165) is 67.9 Å². The highest BCUT2D eigenvalue weighted by Gasteiger charge is 2.48. The quantitative estimate of drug-likeness (QED) is 0.152. The van der Waals surface area contributed by atoms with E-state index >= 15 is 8.78 Å². The summed E-state index contributed by atoms with van der Waals surface area (Å²) in [5, 5.41) is 0.999. The number of halogens is 2. The minimum atomic E-state index is -3.46. The molecule has 3 aromatic carbocycles. The summed E-state index contributed by atoms with van der Waals surface area (Å²) in [6.45, 7) is 6.98. The lowest BCUT2D eigenvalue weighted by Crippen LogP contribution is -2.55. The van der Waals surface area contributed by atoms with E-state index in [1.54, 1.807) is 12.1 Å². The van der Waals surface area contributed by atoms with Crippen LogP contribution in [-0.4, -0.2) is 42.1 Å². The van der Waals surface area contributed by atoms with Crippen molar-refractivity contribution in [2.75, 3.05) is 13.1 Å². The first-order valence-corrected chi connectivity index (χ1v) is 17.0. The molecule has 9 heteroatoms. The van der Waals surface area contributed by atoms with E-state index in [-0.39, 0.29) is 17.7 Å². The third-order valence-electron chi connectivity index (χ3n) is 8.16. The van der Waals surface area contributed by atoms with Gasteiger partial charge >= 0.3 is 0 Å². The van der Waals surface area contributed by atoms with Crippen molar-refractivity contribution in [1.82, 2.24) is 9.62 Å². The molecule has 1 saturated heterocycles. The Labute approximate surface area is 267 Å². The second-order valence-electron chi connectivity index (χ2n) is 11.7. The molecule has 1 aliphatic rings. The fourth-order valence-corrected chi connectivity index (χ4v) is 7.46. The van der Waals surface area contributed by atoms with Gasteiger partial charge in [-0.2, -0.15) is 8.78 Å². The second-order valence-corrected chi connectivity index (χ2v) is 13.9. The molecule has 1 aromatic heterocycles. The summed E-state index contributed by atoms with van der Waals surface area (Å²) in [5.41, 5.74) is 8.75. The maximum atomic E-state index is 16.3. The van der Waals surface area contributed by atoms with E-state index in [1.165, 1.54) is 28.4 Å². The smallest absolute Gasteiger partial charge is 0.298 e. The normalized spacial score (nSPS) is 15.8. The number of carbonyl (C=O) groups excluding carboxylic acids is 1. The van der Waals surface area contributed by atoms with Crippen molar-refractivity contribution in [3.05, 3.63) is 83.9 Å². The molecule has 234 valence electrons. The fraction of sp³-hybridized carbons (Fsp3) is 0.400. The summed E-state index contributed by atoms with van der Waals surface area (Å²) < 4.78 is 43.4. The van der Waals surface area contributed by atoms with E-state index in [2.05, 4.69) is 18.6 Å². The molecule has 0 bridgehead atoms. The number of hydrogen-bond acceptors (Lipinski definition) is 6. The summed E-state index contributed by atoms with van der Waals surface area (Å²) >= 11 is 2.56. The number of benzene rings is 3. The van der Waals surface area contributed by atoms with Crippen LogP contribution in [0.1, 0.15) is 57.1 Å². The predicted molar refractivity (Wildman–Crippen MR) is 179 cm³/mol. The van der Waals surface area contributed by atoms with E-state index in [4.69, 9.17) is 10.5 Å². The summed E-state index contributed by atoms with van der Waals surface area (Å²) in [7, 11) is 0. The molecule has 0 radical (unpaired) electrons. The van der Waals surface area contributed by atoms with Gasteiger partial charge in [0.05, 0.1) is 10.3 Å². The number of thiophene rings is 1. The van der Waals surface area contributed by atoms with Crippen LogP contribution in [-0.2, 0) is 10.7 Å². The maximum absolute atomic E-state index is 16.3. The van der Waals surface area contributed by atoms with Gasteiger partial charge in [0.25, 0.3) is 5.92 Å². The molecule has 3 N–H and O–H groups in total. The van der Waals surface area contributed by atoms with Crippen LogP contribution in [0.2, 0.25) is 0 Å². The van der Waals surface area contributed by atoms with Gasteiger partial charge in [0.2, 0.25) is 5.91 Å². The SMILES string of the molecule is CCCCC(C)Oc1ccc2cc(SNC(C(=O)N3CCC(N)CC3)C(F)(F)c3ccc(-c4ccc(C)cc4)cc3)sc2c1. The fourth-order valence-electron chi connectivity index (χ4n) is 5.39. The number of carbonyl (C=O) groups is 1. The Hall–Kier alpha value is -2.98. The molecule has 5 nitrogen and oxygen atoms in total. The molecule has 2 unspecified atom stereocenters. The first-order chi connectivity index (χ1) is 21.1. The Morgan fingerprint density at radius 3 is 2.39 bits per heavy atom. The summed E-state index contributed by atoms with van der Waals surface area (Å²) in [5.74, 6) is -3.28. The Kier molecular flexibility index (Phi) is 10.6. The number of aryl methyl sites for hydroxylation is 1. The molecular weight excluding hydrogens is 597 g/mol. The van der Waals surface area contributed by atoms with Crippen LogP contribution in [0.15, 0.2) is 77.0 Å². The molecule has 0 aliphatic carbocycles. The molecular formula is C35H41F2N3O2S2. The number of hydrogen-bond donors (Lipinski definition) is 2. The third kappa shape index (κ3) is 7.80. The number of nitrogens with one attached hydrogen (secondary N) is 1. The standard InChI is InChI=1S/C35H41F2N3O2S2/c1-4-5-6-24(3)42-30-16-13-27-21-32(43-31(27)22-30)44-39-33(34(41)40-19-17-29(38)18-20-40)35(36,37)28-14-11-26(12-15-28)25-9-7-23(2)8-10-25/h7-16,21-22,24,29,33,39H,4-6,17-20,38H2,1-3H3. The van der Waals surface area contributed by atoms with Crippen molar-refractivity contribution in [2.24, 2.45) is 5.73 Å². The van der Waals surface area contributed by atoms with Gasteiger partial charge in [-0.1, -0.05) is 73.9 Å². The molecule has 0 saturated carbocycles. The Balaban J connectivity index is 1.35. The lowest BCUT2D eigenvalue weighted by atomic mass is 9.96. The zero-order valence-corrected chi connectivity index (χ0v) is 27.2. The number of ether oxygens (including phenoxy) is 1. The Bertz CT molecular complexity index is 1530. The summed E-state index contributed by atoms with van der Waals surface area (Å²) in [4.78, 5) is 15.2. The molecule has 5 rings (SSSR count). The van der Waals surface area contributed by atoms with Crippen molar-refractivity contribution in [3.63, 3.8) is 0 Å². The zero-order chi connectivity index (χ0) is 31.3. The lowest BCUT2D eigenvalue weighted by molar-refractivity contribution is -0.145. The van der Waals surface area contributed by atoms with Gasteiger partial charge in [0, 0.05) is 29.4 Å². The molecule has 0 spiro atoms.